The minimum Gasteiger partial charge on any atom is -0.497 e. The molecule has 0 aliphatic carbocycles. The molecule has 80 valence electrons. The molecule has 0 unspecified atom stereocenters. The highest BCUT2D eigenvalue weighted by Gasteiger charge is 2.09. The highest BCUT2D eigenvalue weighted by molar-refractivity contribution is 5.62. The lowest BCUT2D eigenvalue weighted by Gasteiger charge is -2.22. The molecular formula is C12H16N2O. The van der Waals surface area contributed by atoms with Gasteiger partial charge in [0.05, 0.1) is 18.4 Å². The molecule has 3 heteroatoms. The maximum atomic E-state index is 9.00. The molecule has 0 spiro atoms. The van der Waals surface area contributed by atoms with Crippen molar-refractivity contribution in [3.05, 3.63) is 23.8 Å². The normalized spacial score (nSPS) is 9.47. The summed E-state index contributed by atoms with van der Waals surface area (Å²) in [6.45, 7) is 5.92. The molecule has 3 nitrogen and oxygen atoms in total. The van der Waals surface area contributed by atoms with E-state index in [4.69, 9.17) is 10.00 Å². The summed E-state index contributed by atoms with van der Waals surface area (Å²) in [5, 5.41) is 9.00. The zero-order chi connectivity index (χ0) is 11.3. The van der Waals surface area contributed by atoms with Crippen LogP contribution in [0.4, 0.5) is 5.69 Å². The van der Waals surface area contributed by atoms with Crippen molar-refractivity contribution in [2.75, 3.05) is 25.1 Å². The first kappa shape index (κ1) is 11.4. The summed E-state index contributed by atoms with van der Waals surface area (Å²) in [4.78, 5) is 2.14. The Morgan fingerprint density at radius 1 is 1.33 bits per heavy atom. The van der Waals surface area contributed by atoms with Crippen molar-refractivity contribution in [1.82, 2.24) is 0 Å². The molecule has 0 heterocycles. The zero-order valence-electron chi connectivity index (χ0n) is 9.45. The largest absolute Gasteiger partial charge is 0.497 e. The van der Waals surface area contributed by atoms with Crippen LogP contribution < -0.4 is 9.64 Å². The molecule has 0 aliphatic heterocycles. The van der Waals surface area contributed by atoms with Gasteiger partial charge < -0.3 is 9.64 Å². The van der Waals surface area contributed by atoms with Gasteiger partial charge >= 0.3 is 0 Å². The Morgan fingerprint density at radius 3 is 2.47 bits per heavy atom. The lowest BCUT2D eigenvalue weighted by Crippen LogP contribution is -2.22. The monoisotopic (exact) mass is 204 g/mol. The predicted molar refractivity (Wildman–Crippen MR) is 61.3 cm³/mol. The van der Waals surface area contributed by atoms with Gasteiger partial charge in [-0.2, -0.15) is 5.26 Å². The summed E-state index contributed by atoms with van der Waals surface area (Å²) >= 11 is 0. The van der Waals surface area contributed by atoms with Crippen LogP contribution in [0, 0.1) is 11.3 Å². The molecular weight excluding hydrogens is 188 g/mol. The van der Waals surface area contributed by atoms with Crippen molar-refractivity contribution in [3.8, 4) is 11.8 Å². The van der Waals surface area contributed by atoms with E-state index in [9.17, 15) is 0 Å². The highest BCUT2D eigenvalue weighted by Crippen LogP contribution is 2.25. The van der Waals surface area contributed by atoms with E-state index in [-0.39, 0.29) is 0 Å². The second-order valence-electron chi connectivity index (χ2n) is 3.17. The summed E-state index contributed by atoms with van der Waals surface area (Å²) in [6, 6.07) is 7.72. The smallest absolute Gasteiger partial charge is 0.121 e. The Morgan fingerprint density at radius 2 is 2.00 bits per heavy atom. The molecule has 0 saturated carbocycles. The maximum Gasteiger partial charge on any atom is 0.121 e. The van der Waals surface area contributed by atoms with Crippen LogP contribution >= 0.6 is 0 Å². The van der Waals surface area contributed by atoms with E-state index in [0.29, 0.717) is 5.56 Å². The molecule has 0 radical (unpaired) electrons. The molecule has 0 amide bonds. The summed E-state index contributed by atoms with van der Waals surface area (Å²) in [5.41, 5.74) is 1.64. The number of rotatable bonds is 4. The van der Waals surface area contributed by atoms with Gasteiger partial charge in [0.2, 0.25) is 0 Å². The van der Waals surface area contributed by atoms with Gasteiger partial charge in [-0.25, -0.2) is 0 Å². The average Bonchev–Trinajstić information content (AvgIpc) is 2.30. The molecule has 0 fully saturated rings. The third-order valence-corrected chi connectivity index (χ3v) is 2.43. The van der Waals surface area contributed by atoms with Crippen LogP contribution in [0.25, 0.3) is 0 Å². The number of nitrogens with zero attached hydrogens (tertiary/aromatic N) is 2. The van der Waals surface area contributed by atoms with Crippen molar-refractivity contribution < 1.29 is 4.74 Å². The van der Waals surface area contributed by atoms with E-state index >= 15 is 0 Å². The Balaban J connectivity index is 3.17. The van der Waals surface area contributed by atoms with Crippen LogP contribution in [0.5, 0.6) is 5.75 Å². The molecule has 0 atom stereocenters. The Hall–Kier alpha value is -1.69. The van der Waals surface area contributed by atoms with Gasteiger partial charge in [0.1, 0.15) is 11.8 Å². The SMILES string of the molecule is CCN(CC)c1cc(OC)ccc1C#N. The van der Waals surface area contributed by atoms with E-state index < -0.39 is 0 Å². The number of nitriles is 1. The Bertz CT molecular complexity index is 364. The second-order valence-corrected chi connectivity index (χ2v) is 3.17. The van der Waals surface area contributed by atoms with Crippen molar-refractivity contribution >= 4 is 5.69 Å². The third-order valence-electron chi connectivity index (χ3n) is 2.43. The van der Waals surface area contributed by atoms with Crippen LogP contribution in [0.15, 0.2) is 18.2 Å². The van der Waals surface area contributed by atoms with E-state index in [1.807, 2.05) is 12.1 Å². The van der Waals surface area contributed by atoms with E-state index in [2.05, 4.69) is 24.8 Å². The van der Waals surface area contributed by atoms with Gasteiger partial charge in [-0.3, -0.25) is 0 Å². The standard InChI is InChI=1S/C12H16N2O/c1-4-14(5-2)12-8-11(15-3)7-6-10(12)9-13/h6-8H,4-5H2,1-3H3. The molecule has 0 bridgehead atoms. The molecule has 0 saturated heterocycles. The number of hydrogen-bond donors (Lipinski definition) is 0. The van der Waals surface area contributed by atoms with E-state index in [1.165, 1.54) is 0 Å². The Labute approximate surface area is 90.9 Å². The molecule has 1 rings (SSSR count). The first-order chi connectivity index (χ1) is 7.26. The summed E-state index contributed by atoms with van der Waals surface area (Å²) < 4.78 is 5.16. The Kier molecular flexibility index (Phi) is 3.99. The third kappa shape index (κ3) is 2.41. The van der Waals surface area contributed by atoms with Crippen molar-refractivity contribution in [2.24, 2.45) is 0 Å². The fourth-order valence-corrected chi connectivity index (χ4v) is 1.56. The molecule has 1 aromatic rings. The number of methoxy groups -OCH3 is 1. The lowest BCUT2D eigenvalue weighted by molar-refractivity contribution is 0.415. The van der Waals surface area contributed by atoms with E-state index in [1.54, 1.807) is 13.2 Å². The van der Waals surface area contributed by atoms with Crippen LogP contribution in [-0.4, -0.2) is 20.2 Å². The number of ether oxygens (including phenoxy) is 1. The molecule has 0 aliphatic rings. The summed E-state index contributed by atoms with van der Waals surface area (Å²) in [5.74, 6) is 0.788. The van der Waals surface area contributed by atoms with Crippen LogP contribution in [0.3, 0.4) is 0 Å². The minimum absolute atomic E-state index is 0.694. The van der Waals surface area contributed by atoms with Gasteiger partial charge in [0, 0.05) is 19.2 Å². The molecule has 15 heavy (non-hydrogen) atoms. The van der Waals surface area contributed by atoms with Gasteiger partial charge in [-0.1, -0.05) is 0 Å². The van der Waals surface area contributed by atoms with Gasteiger partial charge in [0.15, 0.2) is 0 Å². The molecule has 1 aromatic carbocycles. The first-order valence-corrected chi connectivity index (χ1v) is 5.09. The lowest BCUT2D eigenvalue weighted by atomic mass is 10.1. The minimum atomic E-state index is 0.694. The van der Waals surface area contributed by atoms with Crippen LogP contribution in [-0.2, 0) is 0 Å². The van der Waals surface area contributed by atoms with Gasteiger partial charge in [-0.05, 0) is 26.0 Å². The van der Waals surface area contributed by atoms with E-state index in [0.717, 1.165) is 24.5 Å². The average molecular weight is 204 g/mol. The topological polar surface area (TPSA) is 36.3 Å². The van der Waals surface area contributed by atoms with Gasteiger partial charge in [0.25, 0.3) is 0 Å². The van der Waals surface area contributed by atoms with Crippen LogP contribution in [0.2, 0.25) is 0 Å². The molecule has 0 N–H and O–H groups in total. The fraction of sp³-hybridized carbons (Fsp3) is 0.417. The maximum absolute atomic E-state index is 9.00. The van der Waals surface area contributed by atoms with Crippen molar-refractivity contribution in [1.29, 1.82) is 5.26 Å². The predicted octanol–water partition coefficient (Wildman–Crippen LogP) is 2.41. The van der Waals surface area contributed by atoms with Crippen molar-refractivity contribution in [3.63, 3.8) is 0 Å². The van der Waals surface area contributed by atoms with Crippen LogP contribution in [0.1, 0.15) is 19.4 Å². The van der Waals surface area contributed by atoms with Crippen molar-refractivity contribution in [2.45, 2.75) is 13.8 Å². The summed E-state index contributed by atoms with van der Waals surface area (Å²) in [7, 11) is 1.63. The van der Waals surface area contributed by atoms with Gasteiger partial charge in [-0.15, -0.1) is 0 Å². The fourth-order valence-electron chi connectivity index (χ4n) is 1.56. The number of anilines is 1. The summed E-state index contributed by atoms with van der Waals surface area (Å²) in [6.07, 6.45) is 0. The highest BCUT2D eigenvalue weighted by atomic mass is 16.5. The number of hydrogen-bond acceptors (Lipinski definition) is 3. The second kappa shape index (κ2) is 5.26. The quantitative estimate of drug-likeness (QED) is 0.755. The zero-order valence-corrected chi connectivity index (χ0v) is 9.45. The number of benzene rings is 1. The first-order valence-electron chi connectivity index (χ1n) is 5.09. The molecule has 0 aromatic heterocycles.